The highest BCUT2D eigenvalue weighted by Gasteiger charge is 2.07. The van der Waals surface area contributed by atoms with Gasteiger partial charge in [-0.1, -0.05) is 17.7 Å². The summed E-state index contributed by atoms with van der Waals surface area (Å²) in [5.74, 6) is 1.38. The van der Waals surface area contributed by atoms with Crippen molar-refractivity contribution >= 4 is 5.96 Å². The number of nitrogens with zero attached hydrogens (tertiary/aromatic N) is 4. The zero-order valence-electron chi connectivity index (χ0n) is 15.1. The topological polar surface area (TPSA) is 80.3 Å². The van der Waals surface area contributed by atoms with E-state index in [0.717, 1.165) is 36.7 Å². The fourth-order valence-corrected chi connectivity index (χ4v) is 2.50. The average molecular weight is 352 g/mol. The van der Waals surface area contributed by atoms with Crippen LogP contribution in [0, 0.1) is 6.92 Å². The highest BCUT2D eigenvalue weighted by molar-refractivity contribution is 5.79. The SMILES string of the molecule is CN=C(NCCCn1ccnc1)NCc1coc(-c2ccc(C)cc2)n1. The van der Waals surface area contributed by atoms with Gasteiger partial charge in [0.1, 0.15) is 6.26 Å². The average Bonchev–Trinajstić information content (AvgIpc) is 3.33. The first-order valence-electron chi connectivity index (χ1n) is 8.66. The Morgan fingerprint density at radius 1 is 1.23 bits per heavy atom. The van der Waals surface area contributed by atoms with Crippen molar-refractivity contribution in [2.24, 2.45) is 4.99 Å². The second-order valence-electron chi connectivity index (χ2n) is 6.02. The molecule has 26 heavy (non-hydrogen) atoms. The minimum Gasteiger partial charge on any atom is -0.444 e. The molecule has 0 aliphatic heterocycles. The highest BCUT2D eigenvalue weighted by atomic mass is 16.3. The van der Waals surface area contributed by atoms with E-state index in [2.05, 4.69) is 37.1 Å². The molecule has 136 valence electrons. The second-order valence-corrected chi connectivity index (χ2v) is 6.02. The summed E-state index contributed by atoms with van der Waals surface area (Å²) in [6, 6.07) is 8.12. The van der Waals surface area contributed by atoms with Crippen LogP contribution < -0.4 is 10.6 Å². The van der Waals surface area contributed by atoms with Gasteiger partial charge in [0.2, 0.25) is 5.89 Å². The first-order valence-corrected chi connectivity index (χ1v) is 8.66. The molecule has 0 unspecified atom stereocenters. The summed E-state index contributed by atoms with van der Waals surface area (Å²) < 4.78 is 7.63. The van der Waals surface area contributed by atoms with Crippen molar-refractivity contribution in [3.05, 3.63) is 60.5 Å². The standard InChI is InChI=1S/C19H24N6O/c1-15-4-6-16(7-5-15)18-24-17(13-26-18)12-23-19(20-2)22-8-3-10-25-11-9-21-14-25/h4-7,9,11,13-14H,3,8,10,12H2,1-2H3,(H2,20,22,23). The van der Waals surface area contributed by atoms with Crippen LogP contribution in [0.1, 0.15) is 17.7 Å². The number of imidazole rings is 1. The number of aliphatic imine (C=N–C) groups is 1. The van der Waals surface area contributed by atoms with E-state index >= 15 is 0 Å². The van der Waals surface area contributed by atoms with Gasteiger partial charge in [-0.05, 0) is 25.5 Å². The van der Waals surface area contributed by atoms with Gasteiger partial charge in [0.05, 0.1) is 18.6 Å². The van der Waals surface area contributed by atoms with E-state index < -0.39 is 0 Å². The molecule has 2 N–H and O–H groups in total. The molecule has 2 aromatic heterocycles. The molecular formula is C19H24N6O. The summed E-state index contributed by atoms with van der Waals surface area (Å²) in [6.45, 7) is 4.36. The van der Waals surface area contributed by atoms with Gasteiger partial charge in [0, 0.05) is 38.1 Å². The van der Waals surface area contributed by atoms with Crippen LogP contribution in [0.5, 0.6) is 0 Å². The molecule has 0 aliphatic carbocycles. The maximum absolute atomic E-state index is 5.58. The lowest BCUT2D eigenvalue weighted by molar-refractivity contribution is 0.572. The summed E-state index contributed by atoms with van der Waals surface area (Å²) in [5, 5.41) is 6.54. The summed E-state index contributed by atoms with van der Waals surface area (Å²) in [5.41, 5.74) is 3.02. The Labute approximate surface area is 153 Å². The van der Waals surface area contributed by atoms with Crippen molar-refractivity contribution in [3.63, 3.8) is 0 Å². The first kappa shape index (κ1) is 17.7. The zero-order valence-corrected chi connectivity index (χ0v) is 15.1. The molecule has 0 radical (unpaired) electrons. The Morgan fingerprint density at radius 3 is 2.81 bits per heavy atom. The molecule has 0 spiro atoms. The van der Waals surface area contributed by atoms with Crippen LogP contribution in [-0.4, -0.2) is 34.1 Å². The number of hydrogen-bond donors (Lipinski definition) is 2. The number of rotatable bonds is 7. The second kappa shape index (κ2) is 8.84. The van der Waals surface area contributed by atoms with E-state index in [1.165, 1.54) is 5.56 Å². The number of nitrogens with one attached hydrogen (secondary N) is 2. The lowest BCUT2D eigenvalue weighted by Gasteiger charge is -2.10. The quantitative estimate of drug-likeness (QED) is 0.388. The summed E-state index contributed by atoms with van der Waals surface area (Å²) in [4.78, 5) is 12.8. The molecule has 7 heteroatoms. The summed E-state index contributed by atoms with van der Waals surface area (Å²) in [6.07, 6.45) is 8.23. The molecule has 0 bridgehead atoms. The lowest BCUT2D eigenvalue weighted by atomic mass is 10.1. The minimum atomic E-state index is 0.552. The monoisotopic (exact) mass is 352 g/mol. The van der Waals surface area contributed by atoms with Gasteiger partial charge >= 0.3 is 0 Å². The van der Waals surface area contributed by atoms with Gasteiger partial charge < -0.3 is 19.6 Å². The van der Waals surface area contributed by atoms with E-state index in [-0.39, 0.29) is 0 Å². The summed E-state index contributed by atoms with van der Waals surface area (Å²) in [7, 11) is 1.76. The maximum atomic E-state index is 5.58. The molecule has 3 rings (SSSR count). The number of benzene rings is 1. The molecule has 1 aromatic carbocycles. The molecule has 2 heterocycles. The number of guanidine groups is 1. The fraction of sp³-hybridized carbons (Fsp3) is 0.316. The van der Waals surface area contributed by atoms with Crippen LogP contribution in [0.3, 0.4) is 0 Å². The molecule has 0 fully saturated rings. The third-order valence-electron chi connectivity index (χ3n) is 3.96. The number of oxazole rings is 1. The van der Waals surface area contributed by atoms with Crippen LogP contribution >= 0.6 is 0 Å². The smallest absolute Gasteiger partial charge is 0.226 e. The van der Waals surface area contributed by atoms with Crippen molar-refractivity contribution in [2.45, 2.75) is 26.4 Å². The van der Waals surface area contributed by atoms with Crippen molar-refractivity contribution in [1.82, 2.24) is 25.2 Å². The molecule has 0 saturated carbocycles. The van der Waals surface area contributed by atoms with Crippen LogP contribution in [0.4, 0.5) is 0 Å². The zero-order chi connectivity index (χ0) is 18.2. The normalized spacial score (nSPS) is 11.5. The van der Waals surface area contributed by atoms with Crippen molar-refractivity contribution in [1.29, 1.82) is 0 Å². The predicted molar refractivity (Wildman–Crippen MR) is 102 cm³/mol. The van der Waals surface area contributed by atoms with Gasteiger partial charge in [-0.3, -0.25) is 4.99 Å². The van der Waals surface area contributed by atoms with E-state index in [0.29, 0.717) is 12.4 Å². The van der Waals surface area contributed by atoms with Crippen LogP contribution in [0.2, 0.25) is 0 Å². The fourth-order valence-electron chi connectivity index (χ4n) is 2.50. The van der Waals surface area contributed by atoms with Crippen LogP contribution in [0.25, 0.3) is 11.5 Å². The van der Waals surface area contributed by atoms with Gasteiger partial charge in [0.25, 0.3) is 0 Å². The van der Waals surface area contributed by atoms with Crippen LogP contribution in [-0.2, 0) is 13.1 Å². The summed E-state index contributed by atoms with van der Waals surface area (Å²) >= 11 is 0. The molecule has 0 aliphatic rings. The highest BCUT2D eigenvalue weighted by Crippen LogP contribution is 2.18. The molecule has 0 atom stereocenters. The van der Waals surface area contributed by atoms with Crippen molar-refractivity contribution < 1.29 is 4.42 Å². The van der Waals surface area contributed by atoms with Gasteiger partial charge in [-0.25, -0.2) is 9.97 Å². The third-order valence-corrected chi connectivity index (χ3v) is 3.96. The Bertz CT molecular complexity index is 820. The molecule has 0 amide bonds. The molecule has 7 nitrogen and oxygen atoms in total. The van der Waals surface area contributed by atoms with E-state index in [4.69, 9.17) is 4.42 Å². The Kier molecular flexibility index (Phi) is 6.03. The maximum Gasteiger partial charge on any atom is 0.226 e. The third kappa shape index (κ3) is 4.95. The van der Waals surface area contributed by atoms with Gasteiger partial charge in [0.15, 0.2) is 5.96 Å². The predicted octanol–water partition coefficient (Wildman–Crippen LogP) is 2.60. The Morgan fingerprint density at radius 2 is 2.08 bits per heavy atom. The number of aromatic nitrogens is 3. The molecule has 0 saturated heterocycles. The Balaban J connectivity index is 1.44. The van der Waals surface area contributed by atoms with Crippen molar-refractivity contribution in [3.8, 4) is 11.5 Å². The first-order chi connectivity index (χ1) is 12.7. The number of hydrogen-bond acceptors (Lipinski definition) is 4. The van der Waals surface area contributed by atoms with Gasteiger partial charge in [-0.15, -0.1) is 0 Å². The number of aryl methyl sites for hydroxylation is 2. The largest absolute Gasteiger partial charge is 0.444 e. The van der Waals surface area contributed by atoms with E-state index in [9.17, 15) is 0 Å². The molecular weight excluding hydrogens is 328 g/mol. The minimum absolute atomic E-state index is 0.552. The lowest BCUT2D eigenvalue weighted by Crippen LogP contribution is -2.37. The van der Waals surface area contributed by atoms with E-state index in [1.807, 2.05) is 36.8 Å². The van der Waals surface area contributed by atoms with Gasteiger partial charge in [-0.2, -0.15) is 0 Å². The van der Waals surface area contributed by atoms with Crippen LogP contribution in [0.15, 0.2) is 58.7 Å². The Hall–Kier alpha value is -3.09. The van der Waals surface area contributed by atoms with E-state index in [1.54, 1.807) is 19.5 Å². The van der Waals surface area contributed by atoms with Crippen molar-refractivity contribution in [2.75, 3.05) is 13.6 Å². The molecule has 3 aromatic rings.